The van der Waals surface area contributed by atoms with Gasteiger partial charge in [0.15, 0.2) is 0 Å². The summed E-state index contributed by atoms with van der Waals surface area (Å²) < 4.78 is 32.3. The van der Waals surface area contributed by atoms with Gasteiger partial charge in [0.05, 0.1) is 4.90 Å². The maximum Gasteiger partial charge on any atom is 0.407 e. The van der Waals surface area contributed by atoms with Crippen molar-refractivity contribution >= 4 is 22.0 Å². The van der Waals surface area contributed by atoms with E-state index >= 15 is 0 Å². The molecule has 168 valence electrons. The molecule has 2 rings (SSSR count). The Bertz CT molecular complexity index is 869. The number of rotatable bonds is 6. The molecule has 2 amide bonds. The van der Waals surface area contributed by atoms with Crippen molar-refractivity contribution in [1.29, 1.82) is 0 Å². The third-order valence-electron chi connectivity index (χ3n) is 4.96. The number of sulfonamides is 1. The van der Waals surface area contributed by atoms with Crippen LogP contribution in [0.3, 0.4) is 0 Å². The second-order valence-corrected chi connectivity index (χ2v) is 10.6. The zero-order chi connectivity index (χ0) is 22.5. The van der Waals surface area contributed by atoms with Crippen LogP contribution in [0.2, 0.25) is 0 Å². The summed E-state index contributed by atoms with van der Waals surface area (Å²) in [6.45, 7) is 10.0. The van der Waals surface area contributed by atoms with E-state index in [2.05, 4.69) is 10.6 Å². The van der Waals surface area contributed by atoms with Crippen LogP contribution >= 0.6 is 0 Å². The lowest BCUT2D eigenvalue weighted by atomic mass is 10.1. The molecule has 0 aliphatic carbocycles. The Balaban J connectivity index is 1.78. The molecule has 1 aliphatic heterocycles. The third-order valence-corrected chi connectivity index (χ3v) is 6.85. The molecule has 1 heterocycles. The van der Waals surface area contributed by atoms with Crippen LogP contribution in [0.25, 0.3) is 0 Å². The lowest BCUT2D eigenvalue weighted by molar-refractivity contribution is -0.121. The zero-order valence-corrected chi connectivity index (χ0v) is 19.3. The number of nitrogens with zero attached hydrogens (tertiary/aromatic N) is 1. The number of hydrogen-bond donors (Lipinski definition) is 2. The van der Waals surface area contributed by atoms with Crippen LogP contribution in [-0.2, 0) is 19.6 Å². The monoisotopic (exact) mass is 439 g/mol. The maximum atomic E-state index is 12.9. The summed E-state index contributed by atoms with van der Waals surface area (Å²) in [6.07, 6.45) is 0.686. The van der Waals surface area contributed by atoms with E-state index in [4.69, 9.17) is 4.74 Å². The SMILES string of the molecule is Cc1ccc(S(=O)(=O)N2CCC(NC(=O)CCNC(=O)OC(C)(C)C)CC2)cc1C. The highest BCUT2D eigenvalue weighted by Gasteiger charge is 2.30. The number of piperidine rings is 1. The van der Waals surface area contributed by atoms with Gasteiger partial charge in [0, 0.05) is 32.1 Å². The number of carbonyl (C=O) groups excluding carboxylic acids is 2. The molecule has 9 heteroatoms. The highest BCUT2D eigenvalue weighted by molar-refractivity contribution is 7.89. The Morgan fingerprint density at radius 1 is 1.13 bits per heavy atom. The van der Waals surface area contributed by atoms with Crippen LogP contribution in [0.4, 0.5) is 4.79 Å². The van der Waals surface area contributed by atoms with Gasteiger partial charge in [-0.25, -0.2) is 13.2 Å². The van der Waals surface area contributed by atoms with Crippen molar-refractivity contribution in [2.75, 3.05) is 19.6 Å². The van der Waals surface area contributed by atoms with Crippen LogP contribution in [0, 0.1) is 13.8 Å². The minimum absolute atomic E-state index is 0.0785. The van der Waals surface area contributed by atoms with Crippen LogP contribution in [0.1, 0.15) is 51.2 Å². The molecule has 0 bridgehead atoms. The number of alkyl carbamates (subject to hydrolysis) is 1. The highest BCUT2D eigenvalue weighted by atomic mass is 32.2. The van der Waals surface area contributed by atoms with Gasteiger partial charge < -0.3 is 15.4 Å². The molecule has 0 atom stereocenters. The Labute approximate surface area is 179 Å². The lowest BCUT2D eigenvalue weighted by Crippen LogP contribution is -2.47. The van der Waals surface area contributed by atoms with E-state index in [0.717, 1.165) is 11.1 Å². The van der Waals surface area contributed by atoms with Crippen molar-refractivity contribution in [3.05, 3.63) is 29.3 Å². The predicted molar refractivity (Wildman–Crippen MR) is 115 cm³/mol. The van der Waals surface area contributed by atoms with Gasteiger partial charge in [0.1, 0.15) is 5.60 Å². The molecule has 1 fully saturated rings. The topological polar surface area (TPSA) is 105 Å². The Kier molecular flexibility index (Phi) is 7.87. The van der Waals surface area contributed by atoms with Crippen molar-refractivity contribution in [2.45, 2.75) is 70.4 Å². The number of carbonyl (C=O) groups is 2. The molecular formula is C21H33N3O5S. The smallest absolute Gasteiger partial charge is 0.407 e. The van der Waals surface area contributed by atoms with Crippen molar-refractivity contribution in [3.8, 4) is 0 Å². The van der Waals surface area contributed by atoms with Gasteiger partial charge in [-0.2, -0.15) is 4.31 Å². The quantitative estimate of drug-likeness (QED) is 0.709. The molecule has 0 unspecified atom stereocenters. The fraction of sp³-hybridized carbons (Fsp3) is 0.619. The second-order valence-electron chi connectivity index (χ2n) is 8.67. The maximum absolute atomic E-state index is 12.9. The van der Waals surface area contributed by atoms with Gasteiger partial charge in [0.25, 0.3) is 0 Å². The molecule has 0 aromatic heterocycles. The summed E-state index contributed by atoms with van der Waals surface area (Å²) in [7, 11) is -3.53. The van der Waals surface area contributed by atoms with Crippen LogP contribution < -0.4 is 10.6 Å². The van der Waals surface area contributed by atoms with Crippen molar-refractivity contribution < 1.29 is 22.7 Å². The first-order valence-corrected chi connectivity index (χ1v) is 11.7. The number of nitrogens with one attached hydrogen (secondary N) is 2. The summed E-state index contributed by atoms with van der Waals surface area (Å²) in [5.74, 6) is -0.179. The van der Waals surface area contributed by atoms with Gasteiger partial charge in [-0.1, -0.05) is 6.07 Å². The van der Waals surface area contributed by atoms with Crippen molar-refractivity contribution in [3.63, 3.8) is 0 Å². The van der Waals surface area contributed by atoms with Crippen LogP contribution in [0.15, 0.2) is 23.1 Å². The zero-order valence-electron chi connectivity index (χ0n) is 18.4. The largest absolute Gasteiger partial charge is 0.444 e. The van der Waals surface area contributed by atoms with E-state index in [0.29, 0.717) is 30.8 Å². The average molecular weight is 440 g/mol. The molecular weight excluding hydrogens is 406 g/mol. The van der Waals surface area contributed by atoms with Gasteiger partial charge in [-0.3, -0.25) is 4.79 Å². The van der Waals surface area contributed by atoms with Crippen LogP contribution in [0.5, 0.6) is 0 Å². The second kappa shape index (κ2) is 9.78. The van der Waals surface area contributed by atoms with Gasteiger partial charge in [0.2, 0.25) is 15.9 Å². The summed E-state index contributed by atoms with van der Waals surface area (Å²) in [5, 5.41) is 5.47. The first kappa shape index (κ1) is 24.1. The standard InChI is InChI=1S/C21H33N3O5S/c1-15-6-7-18(14-16(15)2)30(27,28)24-12-9-17(10-13-24)23-19(25)8-11-22-20(26)29-21(3,4)5/h6-7,14,17H,8-13H2,1-5H3,(H,22,26)(H,23,25). The first-order chi connectivity index (χ1) is 13.9. The number of aryl methyl sites for hydroxylation is 2. The fourth-order valence-corrected chi connectivity index (χ4v) is 4.71. The van der Waals surface area contributed by atoms with Crippen molar-refractivity contribution in [2.24, 2.45) is 0 Å². The molecule has 0 saturated carbocycles. The van der Waals surface area contributed by atoms with Crippen LogP contribution in [-0.4, -0.2) is 56.0 Å². The van der Waals surface area contributed by atoms with E-state index in [1.54, 1.807) is 32.9 Å². The molecule has 8 nitrogen and oxygen atoms in total. The number of hydrogen-bond acceptors (Lipinski definition) is 5. The van der Waals surface area contributed by atoms with E-state index in [-0.39, 0.29) is 24.9 Å². The predicted octanol–water partition coefficient (Wildman–Crippen LogP) is 2.49. The third kappa shape index (κ3) is 6.98. The minimum Gasteiger partial charge on any atom is -0.444 e. The Hall–Kier alpha value is -2.13. The summed E-state index contributed by atoms with van der Waals surface area (Å²) in [6, 6.07) is 5.09. The molecule has 2 N–H and O–H groups in total. The number of ether oxygens (including phenoxy) is 1. The Morgan fingerprint density at radius 2 is 1.77 bits per heavy atom. The first-order valence-electron chi connectivity index (χ1n) is 10.2. The average Bonchev–Trinajstić information content (AvgIpc) is 2.62. The molecule has 30 heavy (non-hydrogen) atoms. The lowest BCUT2D eigenvalue weighted by Gasteiger charge is -2.31. The van der Waals surface area contributed by atoms with E-state index in [1.165, 1.54) is 4.31 Å². The normalized spacial score (nSPS) is 16.2. The summed E-state index contributed by atoms with van der Waals surface area (Å²) >= 11 is 0. The summed E-state index contributed by atoms with van der Waals surface area (Å²) in [4.78, 5) is 24.0. The molecule has 1 aromatic rings. The van der Waals surface area contributed by atoms with Gasteiger partial charge >= 0.3 is 6.09 Å². The van der Waals surface area contributed by atoms with Crippen molar-refractivity contribution in [1.82, 2.24) is 14.9 Å². The van der Waals surface area contributed by atoms with Gasteiger partial charge in [-0.15, -0.1) is 0 Å². The van der Waals surface area contributed by atoms with E-state index in [9.17, 15) is 18.0 Å². The molecule has 0 radical (unpaired) electrons. The molecule has 0 spiro atoms. The van der Waals surface area contributed by atoms with E-state index < -0.39 is 21.7 Å². The molecule has 1 aliphatic rings. The van der Waals surface area contributed by atoms with E-state index in [1.807, 2.05) is 19.9 Å². The minimum atomic E-state index is -3.53. The van der Waals surface area contributed by atoms with Gasteiger partial charge in [-0.05, 0) is 70.7 Å². The highest BCUT2D eigenvalue weighted by Crippen LogP contribution is 2.22. The number of benzene rings is 1. The fourth-order valence-electron chi connectivity index (χ4n) is 3.16. The summed E-state index contributed by atoms with van der Waals surface area (Å²) in [5.41, 5.74) is 1.41. The Morgan fingerprint density at radius 3 is 2.33 bits per heavy atom. The molecule has 1 saturated heterocycles. The number of amides is 2. The molecule has 1 aromatic carbocycles.